The van der Waals surface area contributed by atoms with Gasteiger partial charge < -0.3 is 4.74 Å². The third-order valence-corrected chi connectivity index (χ3v) is 4.74. The molecule has 1 saturated heterocycles. The number of ether oxygens (including phenoxy) is 1. The minimum atomic E-state index is 0.879. The van der Waals surface area contributed by atoms with E-state index in [1.54, 1.807) is 0 Å². The number of aromatic nitrogens is 1. The van der Waals surface area contributed by atoms with Crippen LogP contribution < -0.4 is 0 Å². The van der Waals surface area contributed by atoms with E-state index in [4.69, 9.17) is 4.74 Å². The largest absolute Gasteiger partial charge is 0.379 e. The number of pyridine rings is 1. The van der Waals surface area contributed by atoms with Crippen molar-refractivity contribution in [2.24, 2.45) is 0 Å². The second-order valence-electron chi connectivity index (χ2n) is 6.55. The molecule has 0 bridgehead atoms. The van der Waals surface area contributed by atoms with Gasteiger partial charge in [-0.3, -0.25) is 9.88 Å². The maximum atomic E-state index is 5.43. The highest BCUT2D eigenvalue weighted by molar-refractivity contribution is 5.65. The lowest BCUT2D eigenvalue weighted by Crippen LogP contribution is -2.36. The molecule has 132 valence electrons. The van der Waals surface area contributed by atoms with Crippen LogP contribution in [0.4, 0.5) is 0 Å². The van der Waals surface area contributed by atoms with Crippen molar-refractivity contribution in [2.75, 3.05) is 32.8 Å². The van der Waals surface area contributed by atoms with Gasteiger partial charge in [0.2, 0.25) is 0 Å². The summed E-state index contributed by atoms with van der Waals surface area (Å²) in [7, 11) is 0. The van der Waals surface area contributed by atoms with Crippen LogP contribution in [0.5, 0.6) is 0 Å². The van der Waals surface area contributed by atoms with Gasteiger partial charge in [0.05, 0.1) is 13.2 Å². The molecule has 1 aromatic carbocycles. The fraction of sp³-hybridized carbons (Fsp3) is 0.409. The van der Waals surface area contributed by atoms with Crippen LogP contribution >= 0.6 is 0 Å². The van der Waals surface area contributed by atoms with Crippen molar-refractivity contribution in [1.82, 2.24) is 9.88 Å². The third kappa shape index (κ3) is 6.11. The molecule has 0 aliphatic carbocycles. The first-order chi connectivity index (χ1) is 12.4. The Morgan fingerprint density at radius 3 is 2.56 bits per heavy atom. The molecule has 3 nitrogen and oxygen atoms in total. The van der Waals surface area contributed by atoms with Crippen molar-refractivity contribution < 1.29 is 4.74 Å². The molecule has 2 heterocycles. The minimum absolute atomic E-state index is 0.879. The number of aryl methyl sites for hydroxylation is 1. The quantitative estimate of drug-likeness (QED) is 0.722. The molecule has 25 heavy (non-hydrogen) atoms. The molecule has 3 heteroatoms. The molecule has 0 unspecified atom stereocenters. The Bertz CT molecular complexity index is 634. The van der Waals surface area contributed by atoms with Crippen LogP contribution in [0.1, 0.15) is 30.4 Å². The van der Waals surface area contributed by atoms with E-state index >= 15 is 0 Å². The molecule has 0 N–H and O–H groups in total. The molecular formula is C22H28N2O. The summed E-state index contributed by atoms with van der Waals surface area (Å²) in [6.45, 7) is 5.06. The Hall–Kier alpha value is -1.97. The summed E-state index contributed by atoms with van der Waals surface area (Å²) in [6, 6.07) is 15.0. The number of morpholine rings is 1. The van der Waals surface area contributed by atoms with Crippen LogP contribution in [0.3, 0.4) is 0 Å². The lowest BCUT2D eigenvalue weighted by molar-refractivity contribution is 0.0376. The summed E-state index contributed by atoms with van der Waals surface area (Å²) >= 11 is 0. The monoisotopic (exact) mass is 336 g/mol. The summed E-state index contributed by atoms with van der Waals surface area (Å²) in [5, 5.41) is 0. The highest BCUT2D eigenvalue weighted by Gasteiger charge is 2.10. The number of nitrogens with zero attached hydrogens (tertiary/aromatic N) is 2. The van der Waals surface area contributed by atoms with E-state index in [1.807, 2.05) is 12.4 Å². The molecular weight excluding hydrogens is 308 g/mol. The Labute approximate surface area is 151 Å². The van der Waals surface area contributed by atoms with Gasteiger partial charge in [-0.15, -0.1) is 0 Å². The first-order valence-corrected chi connectivity index (χ1v) is 9.35. The SMILES string of the molecule is C(CCc1ccccc1)=C(CCCN1CCOCC1)c1ccncc1. The molecule has 0 saturated carbocycles. The first kappa shape index (κ1) is 17.8. The van der Waals surface area contributed by atoms with Crippen molar-refractivity contribution in [1.29, 1.82) is 0 Å². The molecule has 2 aromatic rings. The second kappa shape index (κ2) is 10.1. The van der Waals surface area contributed by atoms with Gasteiger partial charge >= 0.3 is 0 Å². The fourth-order valence-electron chi connectivity index (χ4n) is 3.31. The topological polar surface area (TPSA) is 25.4 Å². The standard InChI is InChI=1S/C22H28N2O/c1-2-6-20(7-3-1)8-4-9-21(22-11-13-23-14-12-22)10-5-15-24-16-18-25-19-17-24/h1-3,6-7,9,11-14H,4-5,8,10,15-19H2. The van der Waals surface area contributed by atoms with Gasteiger partial charge in [-0.25, -0.2) is 0 Å². The van der Waals surface area contributed by atoms with Gasteiger partial charge in [0, 0.05) is 25.5 Å². The Balaban J connectivity index is 1.56. The van der Waals surface area contributed by atoms with E-state index in [0.717, 1.165) is 52.1 Å². The van der Waals surface area contributed by atoms with E-state index in [2.05, 4.69) is 58.4 Å². The summed E-state index contributed by atoms with van der Waals surface area (Å²) in [5.41, 5.74) is 4.16. The molecule has 0 atom stereocenters. The van der Waals surface area contributed by atoms with Crippen molar-refractivity contribution in [3.63, 3.8) is 0 Å². The summed E-state index contributed by atoms with van der Waals surface area (Å²) in [6.07, 6.45) is 10.7. The molecule has 0 amide bonds. The number of hydrogen-bond acceptors (Lipinski definition) is 3. The molecule has 1 aliphatic heterocycles. The summed E-state index contributed by atoms with van der Waals surface area (Å²) in [4.78, 5) is 6.67. The van der Waals surface area contributed by atoms with Crippen LogP contribution in [-0.4, -0.2) is 42.7 Å². The predicted molar refractivity (Wildman–Crippen MR) is 103 cm³/mol. The first-order valence-electron chi connectivity index (χ1n) is 9.35. The maximum absolute atomic E-state index is 5.43. The van der Waals surface area contributed by atoms with Crippen LogP contribution in [0.15, 0.2) is 60.9 Å². The number of benzene rings is 1. The van der Waals surface area contributed by atoms with Crippen LogP contribution in [-0.2, 0) is 11.2 Å². The van der Waals surface area contributed by atoms with Crippen molar-refractivity contribution in [2.45, 2.75) is 25.7 Å². The average Bonchev–Trinajstić information content (AvgIpc) is 2.69. The van der Waals surface area contributed by atoms with E-state index in [1.165, 1.54) is 23.1 Å². The Morgan fingerprint density at radius 1 is 1.04 bits per heavy atom. The number of rotatable bonds is 8. The van der Waals surface area contributed by atoms with E-state index < -0.39 is 0 Å². The van der Waals surface area contributed by atoms with E-state index in [-0.39, 0.29) is 0 Å². The maximum Gasteiger partial charge on any atom is 0.0594 e. The van der Waals surface area contributed by atoms with Crippen molar-refractivity contribution >= 4 is 5.57 Å². The minimum Gasteiger partial charge on any atom is -0.379 e. The van der Waals surface area contributed by atoms with Gasteiger partial charge in [-0.2, -0.15) is 0 Å². The zero-order valence-electron chi connectivity index (χ0n) is 14.9. The summed E-state index contributed by atoms with van der Waals surface area (Å²) in [5.74, 6) is 0. The lowest BCUT2D eigenvalue weighted by Gasteiger charge is -2.26. The third-order valence-electron chi connectivity index (χ3n) is 4.74. The average molecular weight is 336 g/mol. The lowest BCUT2D eigenvalue weighted by atomic mass is 9.99. The second-order valence-corrected chi connectivity index (χ2v) is 6.55. The normalized spacial score (nSPS) is 16.1. The zero-order chi connectivity index (χ0) is 17.2. The van der Waals surface area contributed by atoms with Crippen molar-refractivity contribution in [3.05, 3.63) is 72.1 Å². The van der Waals surface area contributed by atoms with Crippen molar-refractivity contribution in [3.8, 4) is 0 Å². The Morgan fingerprint density at radius 2 is 1.80 bits per heavy atom. The van der Waals surface area contributed by atoms with Gasteiger partial charge in [0.25, 0.3) is 0 Å². The molecule has 0 radical (unpaired) electrons. The molecule has 1 fully saturated rings. The molecule has 1 aliphatic rings. The highest BCUT2D eigenvalue weighted by atomic mass is 16.5. The van der Waals surface area contributed by atoms with Crippen LogP contribution in [0, 0.1) is 0 Å². The fourth-order valence-corrected chi connectivity index (χ4v) is 3.31. The molecule has 0 spiro atoms. The predicted octanol–water partition coefficient (Wildman–Crippen LogP) is 4.21. The number of hydrogen-bond donors (Lipinski definition) is 0. The van der Waals surface area contributed by atoms with Gasteiger partial charge in [-0.1, -0.05) is 36.4 Å². The highest BCUT2D eigenvalue weighted by Crippen LogP contribution is 2.21. The molecule has 3 rings (SSSR count). The number of allylic oxidation sites excluding steroid dienone is 2. The zero-order valence-corrected chi connectivity index (χ0v) is 14.9. The van der Waals surface area contributed by atoms with Crippen LogP contribution in [0.25, 0.3) is 5.57 Å². The van der Waals surface area contributed by atoms with E-state index in [0.29, 0.717) is 0 Å². The van der Waals surface area contributed by atoms with Gasteiger partial charge in [0.1, 0.15) is 0 Å². The Kier molecular flexibility index (Phi) is 7.22. The summed E-state index contributed by atoms with van der Waals surface area (Å²) < 4.78 is 5.43. The van der Waals surface area contributed by atoms with Gasteiger partial charge in [-0.05, 0) is 61.1 Å². The smallest absolute Gasteiger partial charge is 0.0594 e. The van der Waals surface area contributed by atoms with Gasteiger partial charge in [0.15, 0.2) is 0 Å². The molecule has 1 aromatic heterocycles. The van der Waals surface area contributed by atoms with E-state index in [9.17, 15) is 0 Å². The van der Waals surface area contributed by atoms with Crippen LogP contribution in [0.2, 0.25) is 0 Å².